The first kappa shape index (κ1) is 14.0. The van der Waals surface area contributed by atoms with Gasteiger partial charge in [-0.1, -0.05) is 11.6 Å². The molecule has 0 fully saturated rings. The minimum absolute atomic E-state index is 0.0259. The fourth-order valence-corrected chi connectivity index (χ4v) is 2.01. The van der Waals surface area contributed by atoms with E-state index in [1.165, 1.54) is 19.2 Å². The first-order valence-electron chi connectivity index (χ1n) is 5.29. The van der Waals surface area contributed by atoms with Crippen LogP contribution < -0.4 is 5.56 Å². The van der Waals surface area contributed by atoms with Crippen LogP contribution in [0.2, 0.25) is 5.02 Å². The van der Waals surface area contributed by atoms with Gasteiger partial charge >= 0.3 is 0 Å². The lowest BCUT2D eigenvalue weighted by Crippen LogP contribution is -2.14. The summed E-state index contributed by atoms with van der Waals surface area (Å²) in [7, 11) is 1.52. The summed E-state index contributed by atoms with van der Waals surface area (Å²) < 4.78 is 5.32. The maximum atomic E-state index is 11.8. The van der Waals surface area contributed by atoms with Crippen molar-refractivity contribution in [3.63, 3.8) is 0 Å². The van der Waals surface area contributed by atoms with E-state index < -0.39 is 0 Å². The number of hydrogen-bond acceptors (Lipinski definition) is 4. The second kappa shape index (κ2) is 5.73. The Kier molecular flexibility index (Phi) is 4.24. The van der Waals surface area contributed by atoms with E-state index >= 15 is 0 Å². The highest BCUT2D eigenvalue weighted by molar-refractivity contribution is 9.10. The summed E-state index contributed by atoms with van der Waals surface area (Å²) in [6, 6.07) is 4.58. The number of nitrogens with zero attached hydrogens (tertiary/aromatic N) is 1. The second-order valence-corrected chi connectivity index (χ2v) is 4.97. The molecule has 100 valence electrons. The molecule has 2 aromatic rings. The third-order valence-electron chi connectivity index (χ3n) is 2.43. The molecule has 19 heavy (non-hydrogen) atoms. The van der Waals surface area contributed by atoms with Crippen molar-refractivity contribution in [2.24, 2.45) is 0 Å². The zero-order valence-electron chi connectivity index (χ0n) is 9.91. The predicted molar refractivity (Wildman–Crippen MR) is 75.4 cm³/mol. The normalized spacial score (nSPS) is 10.7. The number of phenols is 1. The average molecular weight is 346 g/mol. The van der Waals surface area contributed by atoms with Crippen LogP contribution in [0.3, 0.4) is 0 Å². The van der Waals surface area contributed by atoms with Gasteiger partial charge in [0.2, 0.25) is 0 Å². The highest BCUT2D eigenvalue weighted by Gasteiger charge is 2.11. The van der Waals surface area contributed by atoms with Gasteiger partial charge in [0, 0.05) is 12.7 Å². The number of aromatic amines is 1. The van der Waals surface area contributed by atoms with Crippen molar-refractivity contribution >= 4 is 27.5 Å². The summed E-state index contributed by atoms with van der Waals surface area (Å²) >= 11 is 8.99. The molecular weight excluding hydrogens is 336 g/mol. The Morgan fingerprint density at radius 2 is 2.26 bits per heavy atom. The molecular formula is C12H10BrClN2O3. The summed E-state index contributed by atoms with van der Waals surface area (Å²) in [5.41, 5.74) is 0.788. The fourth-order valence-electron chi connectivity index (χ4n) is 1.53. The smallest absolute Gasteiger partial charge is 0.265 e. The molecule has 1 heterocycles. The standard InChI is InChI=1S/C12H10BrClN2O3/c1-19-5-8-10(13)12(18)16-11(15-8)6-2-3-9(17)7(14)4-6/h2-4,17H,5H2,1H3,(H,15,16,18). The van der Waals surface area contributed by atoms with Gasteiger partial charge in [0.05, 0.1) is 17.3 Å². The van der Waals surface area contributed by atoms with E-state index in [-0.39, 0.29) is 22.9 Å². The fraction of sp³-hybridized carbons (Fsp3) is 0.167. The van der Waals surface area contributed by atoms with Crippen LogP contribution in [-0.4, -0.2) is 22.2 Å². The zero-order valence-corrected chi connectivity index (χ0v) is 12.2. The summed E-state index contributed by atoms with van der Waals surface area (Å²) in [5.74, 6) is 0.337. The number of aromatic nitrogens is 2. The van der Waals surface area contributed by atoms with Gasteiger partial charge in [-0.2, -0.15) is 0 Å². The number of phenolic OH excluding ortho intramolecular Hbond substituents is 1. The molecule has 1 aromatic heterocycles. The van der Waals surface area contributed by atoms with Crippen molar-refractivity contribution in [1.29, 1.82) is 0 Å². The third-order valence-corrected chi connectivity index (χ3v) is 3.55. The van der Waals surface area contributed by atoms with Gasteiger partial charge < -0.3 is 14.8 Å². The molecule has 0 spiro atoms. The monoisotopic (exact) mass is 344 g/mol. The number of rotatable bonds is 3. The molecule has 1 aromatic carbocycles. The Balaban J connectivity index is 2.56. The molecule has 0 saturated heterocycles. The number of H-pyrrole nitrogens is 1. The van der Waals surface area contributed by atoms with Crippen LogP contribution in [0.25, 0.3) is 11.4 Å². The third kappa shape index (κ3) is 2.97. The summed E-state index contributed by atoms with van der Waals surface area (Å²) in [6.07, 6.45) is 0. The second-order valence-electron chi connectivity index (χ2n) is 3.77. The van der Waals surface area contributed by atoms with Crippen LogP contribution in [0.1, 0.15) is 5.69 Å². The summed E-state index contributed by atoms with van der Waals surface area (Å²) in [6.45, 7) is 0.212. The molecule has 0 aliphatic rings. The first-order valence-corrected chi connectivity index (χ1v) is 6.46. The van der Waals surface area contributed by atoms with Crippen LogP contribution in [0, 0.1) is 0 Å². The number of ether oxygens (including phenoxy) is 1. The number of halogens is 2. The van der Waals surface area contributed by atoms with Gasteiger partial charge in [-0.15, -0.1) is 0 Å². The van der Waals surface area contributed by atoms with E-state index in [1.54, 1.807) is 6.07 Å². The maximum absolute atomic E-state index is 11.8. The lowest BCUT2D eigenvalue weighted by molar-refractivity contribution is 0.180. The molecule has 0 amide bonds. The SMILES string of the molecule is COCc1nc(-c2ccc(O)c(Cl)c2)[nH]c(=O)c1Br. The van der Waals surface area contributed by atoms with Crippen LogP contribution in [0.15, 0.2) is 27.5 Å². The minimum atomic E-state index is -0.304. The zero-order chi connectivity index (χ0) is 14.0. The molecule has 2 N–H and O–H groups in total. The topological polar surface area (TPSA) is 75.2 Å². The van der Waals surface area contributed by atoms with E-state index in [0.717, 1.165) is 0 Å². The van der Waals surface area contributed by atoms with Crippen molar-refractivity contribution in [2.75, 3.05) is 7.11 Å². The molecule has 5 nitrogen and oxygen atoms in total. The number of benzene rings is 1. The number of nitrogens with one attached hydrogen (secondary N) is 1. The van der Waals surface area contributed by atoms with Crippen molar-refractivity contribution in [2.45, 2.75) is 6.61 Å². The molecule has 2 rings (SSSR count). The van der Waals surface area contributed by atoms with E-state index in [0.29, 0.717) is 21.6 Å². The molecule has 0 aliphatic heterocycles. The van der Waals surface area contributed by atoms with Gasteiger partial charge in [-0.05, 0) is 34.1 Å². The van der Waals surface area contributed by atoms with Gasteiger partial charge in [0.25, 0.3) is 5.56 Å². The number of methoxy groups -OCH3 is 1. The van der Waals surface area contributed by atoms with Crippen LogP contribution in [0.5, 0.6) is 5.75 Å². The van der Waals surface area contributed by atoms with Crippen LogP contribution in [-0.2, 0) is 11.3 Å². The van der Waals surface area contributed by atoms with Crippen molar-refractivity contribution < 1.29 is 9.84 Å². The number of hydrogen-bond donors (Lipinski definition) is 2. The van der Waals surface area contributed by atoms with E-state index in [1.807, 2.05) is 0 Å². The van der Waals surface area contributed by atoms with Crippen molar-refractivity contribution in [3.8, 4) is 17.1 Å². The van der Waals surface area contributed by atoms with Gasteiger partial charge in [-0.3, -0.25) is 4.79 Å². The molecule has 0 unspecified atom stereocenters. The molecule has 7 heteroatoms. The van der Waals surface area contributed by atoms with Gasteiger partial charge in [0.1, 0.15) is 16.0 Å². The van der Waals surface area contributed by atoms with Crippen LogP contribution >= 0.6 is 27.5 Å². The van der Waals surface area contributed by atoms with Gasteiger partial charge in [0.15, 0.2) is 0 Å². The molecule has 0 bridgehead atoms. The summed E-state index contributed by atoms with van der Waals surface area (Å²) in [5, 5.41) is 9.57. The largest absolute Gasteiger partial charge is 0.506 e. The van der Waals surface area contributed by atoms with Crippen molar-refractivity contribution in [3.05, 3.63) is 43.7 Å². The Bertz CT molecular complexity index is 673. The summed E-state index contributed by atoms with van der Waals surface area (Å²) in [4.78, 5) is 18.7. The van der Waals surface area contributed by atoms with E-state index in [4.69, 9.17) is 16.3 Å². The lowest BCUT2D eigenvalue weighted by atomic mass is 10.2. The highest BCUT2D eigenvalue weighted by Crippen LogP contribution is 2.27. The van der Waals surface area contributed by atoms with Gasteiger partial charge in [-0.25, -0.2) is 4.98 Å². The Morgan fingerprint density at radius 1 is 1.53 bits per heavy atom. The quantitative estimate of drug-likeness (QED) is 0.897. The van der Waals surface area contributed by atoms with Crippen molar-refractivity contribution in [1.82, 2.24) is 9.97 Å². The van der Waals surface area contributed by atoms with Crippen LogP contribution in [0.4, 0.5) is 0 Å². The Labute approximate surface area is 122 Å². The Hall–Kier alpha value is -1.37. The molecule has 0 aliphatic carbocycles. The average Bonchev–Trinajstić information content (AvgIpc) is 2.38. The molecule has 0 saturated carbocycles. The highest BCUT2D eigenvalue weighted by atomic mass is 79.9. The predicted octanol–water partition coefficient (Wildman–Crippen LogP) is 2.70. The first-order chi connectivity index (χ1) is 9.02. The Morgan fingerprint density at radius 3 is 2.89 bits per heavy atom. The van der Waals surface area contributed by atoms with E-state index in [9.17, 15) is 9.90 Å². The molecule has 0 atom stereocenters. The number of aromatic hydroxyl groups is 1. The maximum Gasteiger partial charge on any atom is 0.265 e. The lowest BCUT2D eigenvalue weighted by Gasteiger charge is -2.07. The van der Waals surface area contributed by atoms with E-state index in [2.05, 4.69) is 25.9 Å². The molecule has 0 radical (unpaired) electrons. The minimum Gasteiger partial charge on any atom is -0.506 e.